The van der Waals surface area contributed by atoms with Crippen molar-refractivity contribution in [2.75, 3.05) is 37.5 Å². The molecule has 0 radical (unpaired) electrons. The zero-order chi connectivity index (χ0) is 34.0. The van der Waals surface area contributed by atoms with Crippen molar-refractivity contribution in [2.24, 2.45) is 5.92 Å². The molecule has 1 N–H and O–H groups in total. The van der Waals surface area contributed by atoms with Gasteiger partial charge in [-0.05, 0) is 54.7 Å². The normalized spacial score (nSPS) is 13.4. The predicted molar refractivity (Wildman–Crippen MR) is 190 cm³/mol. The number of rotatable bonds is 10. The van der Waals surface area contributed by atoms with E-state index in [1.165, 1.54) is 17.4 Å². The third kappa shape index (κ3) is 8.64. The molecule has 6 rings (SSSR count). The number of nitrogens with one attached hydrogen (secondary N) is 1. The second kappa shape index (κ2) is 15.9. The van der Waals surface area contributed by atoms with E-state index in [1.807, 2.05) is 85.8 Å². The van der Waals surface area contributed by atoms with E-state index in [0.717, 1.165) is 23.4 Å². The van der Waals surface area contributed by atoms with Gasteiger partial charge >= 0.3 is 0 Å². The molecule has 4 aromatic rings. The summed E-state index contributed by atoms with van der Waals surface area (Å²) in [4.78, 5) is 40.3. The first kappa shape index (κ1) is 33.8. The van der Waals surface area contributed by atoms with E-state index in [2.05, 4.69) is 5.32 Å². The van der Waals surface area contributed by atoms with Crippen LogP contribution in [0.2, 0.25) is 0 Å². The molecule has 0 aliphatic carbocycles. The van der Waals surface area contributed by atoms with Gasteiger partial charge in [0.25, 0.3) is 0 Å². The third-order valence-corrected chi connectivity index (χ3v) is 8.19. The lowest BCUT2D eigenvalue weighted by Gasteiger charge is -2.24. The molecule has 1 unspecified atom stereocenters. The smallest absolute Gasteiger partial charge is 0.249 e. The van der Waals surface area contributed by atoms with Crippen molar-refractivity contribution in [3.8, 4) is 23.0 Å². The molecule has 0 bridgehead atoms. The Kier molecular flexibility index (Phi) is 11.2. The van der Waals surface area contributed by atoms with Gasteiger partial charge in [0.05, 0.1) is 0 Å². The zero-order valence-corrected chi connectivity index (χ0v) is 27.7. The first-order valence-electron chi connectivity index (χ1n) is 15.9. The van der Waals surface area contributed by atoms with Crippen LogP contribution >= 0.6 is 0 Å². The number of benzene rings is 4. The average molecular weight is 658 g/mol. The summed E-state index contributed by atoms with van der Waals surface area (Å²) in [7, 11) is 3.48. The number of hydrogen-bond acceptors (Lipinski definition) is 7. The number of aryl methyl sites for hydroxylation is 1. The van der Waals surface area contributed by atoms with Gasteiger partial charge in [-0.25, -0.2) is 0 Å². The molecule has 0 saturated heterocycles. The van der Waals surface area contributed by atoms with Gasteiger partial charge in [-0.15, -0.1) is 0 Å². The molecule has 256 valence electrons. The van der Waals surface area contributed by atoms with E-state index in [9.17, 15) is 14.4 Å². The van der Waals surface area contributed by atoms with Crippen LogP contribution in [0, 0.1) is 5.92 Å². The van der Waals surface area contributed by atoms with Gasteiger partial charge in [-0.1, -0.05) is 67.6 Å². The number of hydrogen-bond donors (Lipinski definition) is 1. The maximum Gasteiger partial charge on any atom is 0.249 e. The minimum atomic E-state index is -0.594. The molecule has 0 aromatic heterocycles. The van der Waals surface area contributed by atoms with Crippen molar-refractivity contribution in [1.29, 1.82) is 0 Å². The number of ether oxygens (including phenoxy) is 4. The SMILES string of the molecule is CC(=O)NC(CCc1ccccc1)C(=O)N(C)c1ccc2c(c1)OCO2.C[C@@H](Cc1ccccc1)C(=O)N(C)c1ccc2c(c1)OCO2.[HH].[HH].[HH]. The molecular formula is C38H47N3O7. The molecular weight excluding hydrogens is 610 g/mol. The Morgan fingerprint density at radius 1 is 0.688 bits per heavy atom. The Morgan fingerprint density at radius 3 is 1.69 bits per heavy atom. The fourth-order valence-electron chi connectivity index (χ4n) is 5.52. The van der Waals surface area contributed by atoms with Crippen LogP contribution in [0.1, 0.15) is 35.7 Å². The number of likely N-dealkylation sites (N-methyl/N-ethyl adjacent to an activating group) is 1. The average Bonchev–Trinajstić information content (AvgIpc) is 3.79. The zero-order valence-electron chi connectivity index (χ0n) is 27.7. The molecule has 0 spiro atoms. The molecule has 4 aromatic carbocycles. The second-order valence-electron chi connectivity index (χ2n) is 11.7. The summed E-state index contributed by atoms with van der Waals surface area (Å²) in [5.41, 5.74) is 3.80. The number of carbonyl (C=O) groups is 3. The quantitative estimate of drug-likeness (QED) is 0.207. The van der Waals surface area contributed by atoms with E-state index < -0.39 is 6.04 Å². The summed E-state index contributed by atoms with van der Waals surface area (Å²) in [5, 5.41) is 2.77. The van der Waals surface area contributed by atoms with E-state index in [4.69, 9.17) is 18.9 Å². The number of fused-ring (bicyclic) bond motifs is 2. The van der Waals surface area contributed by atoms with E-state index in [0.29, 0.717) is 35.8 Å². The van der Waals surface area contributed by atoms with Crippen LogP contribution in [0.3, 0.4) is 0 Å². The molecule has 3 amide bonds. The fourth-order valence-corrected chi connectivity index (χ4v) is 5.52. The highest BCUT2D eigenvalue weighted by atomic mass is 16.7. The van der Waals surface area contributed by atoms with Crippen molar-refractivity contribution in [3.63, 3.8) is 0 Å². The number of carbonyl (C=O) groups excluding carboxylic acids is 3. The molecule has 2 heterocycles. The Labute approximate surface area is 285 Å². The van der Waals surface area contributed by atoms with Crippen LogP contribution in [-0.2, 0) is 27.2 Å². The lowest BCUT2D eigenvalue weighted by atomic mass is 10.00. The van der Waals surface area contributed by atoms with Crippen molar-refractivity contribution in [2.45, 2.75) is 39.2 Å². The van der Waals surface area contributed by atoms with Crippen LogP contribution in [0.4, 0.5) is 11.4 Å². The number of amides is 3. The molecule has 0 saturated carbocycles. The van der Waals surface area contributed by atoms with Gasteiger partial charge < -0.3 is 34.1 Å². The fraction of sp³-hybridized carbons (Fsp3) is 0.289. The Bertz CT molecular complexity index is 1730. The minimum Gasteiger partial charge on any atom is -0.454 e. The maximum absolute atomic E-state index is 12.9. The van der Waals surface area contributed by atoms with Crippen LogP contribution in [-0.4, -0.2) is 51.4 Å². The third-order valence-electron chi connectivity index (χ3n) is 8.19. The standard InChI is InChI=1S/C20H22N2O4.C18H19NO3.3H2/c1-14(23)21-17(10-8-15-6-4-3-5-7-15)20(24)22(2)16-9-11-18-19(12-16)26-13-25-18;1-13(10-14-6-4-3-5-7-14)18(20)19(2)15-8-9-16-17(11-15)22-12-21-16;;;/h3-7,9,11-12,17H,8,10,13H2,1-2H3,(H,21,23);3-9,11,13H,10,12H2,1-2H3;3*1H/t;13-;;;/m.0.../s1. The summed E-state index contributed by atoms with van der Waals surface area (Å²) in [5.74, 6) is 2.29. The Hall–Kier alpha value is -5.51. The highest BCUT2D eigenvalue weighted by molar-refractivity contribution is 5.99. The highest BCUT2D eigenvalue weighted by Gasteiger charge is 2.25. The molecule has 2 aliphatic rings. The van der Waals surface area contributed by atoms with Gasteiger partial charge in [0.1, 0.15) is 6.04 Å². The molecule has 48 heavy (non-hydrogen) atoms. The lowest BCUT2D eigenvalue weighted by Crippen LogP contribution is -2.47. The van der Waals surface area contributed by atoms with Crippen molar-refractivity contribution < 1.29 is 37.6 Å². The van der Waals surface area contributed by atoms with E-state index in [1.54, 1.807) is 37.2 Å². The second-order valence-corrected chi connectivity index (χ2v) is 11.7. The van der Waals surface area contributed by atoms with E-state index >= 15 is 0 Å². The van der Waals surface area contributed by atoms with Gasteiger partial charge in [0.2, 0.25) is 31.3 Å². The summed E-state index contributed by atoms with van der Waals surface area (Å²) in [6, 6.07) is 30.3. The summed E-state index contributed by atoms with van der Waals surface area (Å²) >= 11 is 0. The van der Waals surface area contributed by atoms with Crippen LogP contribution < -0.4 is 34.1 Å². The van der Waals surface area contributed by atoms with Crippen LogP contribution in [0.25, 0.3) is 0 Å². The van der Waals surface area contributed by atoms with Gasteiger partial charge in [0, 0.05) is 54.7 Å². The summed E-state index contributed by atoms with van der Waals surface area (Å²) < 4.78 is 21.3. The summed E-state index contributed by atoms with van der Waals surface area (Å²) in [6.45, 7) is 3.80. The lowest BCUT2D eigenvalue weighted by molar-refractivity contribution is -0.126. The highest BCUT2D eigenvalue weighted by Crippen LogP contribution is 2.36. The molecule has 10 heteroatoms. The maximum atomic E-state index is 12.9. The molecule has 2 atom stereocenters. The Balaban J connectivity index is 0.000000338. The monoisotopic (exact) mass is 657 g/mol. The summed E-state index contributed by atoms with van der Waals surface area (Å²) in [6.07, 6.45) is 1.96. The first-order chi connectivity index (χ1) is 23.2. The van der Waals surface area contributed by atoms with Crippen molar-refractivity contribution in [3.05, 3.63) is 108 Å². The van der Waals surface area contributed by atoms with Crippen LogP contribution in [0.5, 0.6) is 23.0 Å². The molecule has 0 fully saturated rings. The van der Waals surface area contributed by atoms with Crippen LogP contribution in [0.15, 0.2) is 97.1 Å². The minimum absolute atomic E-state index is 0. The largest absolute Gasteiger partial charge is 0.454 e. The molecule has 10 nitrogen and oxygen atoms in total. The number of anilines is 2. The van der Waals surface area contributed by atoms with Crippen molar-refractivity contribution in [1.82, 2.24) is 5.32 Å². The van der Waals surface area contributed by atoms with Gasteiger partial charge in [-0.2, -0.15) is 0 Å². The predicted octanol–water partition coefficient (Wildman–Crippen LogP) is 6.51. The first-order valence-corrected chi connectivity index (χ1v) is 15.9. The van der Waals surface area contributed by atoms with E-state index in [-0.39, 0.29) is 41.5 Å². The van der Waals surface area contributed by atoms with Gasteiger partial charge in [0.15, 0.2) is 23.0 Å². The Morgan fingerprint density at radius 2 is 1.17 bits per heavy atom. The topological polar surface area (TPSA) is 107 Å². The number of nitrogens with zero attached hydrogens (tertiary/aromatic N) is 2. The molecule has 2 aliphatic heterocycles. The van der Waals surface area contributed by atoms with Gasteiger partial charge in [-0.3, -0.25) is 14.4 Å². The van der Waals surface area contributed by atoms with Crippen molar-refractivity contribution >= 4 is 29.1 Å².